The normalized spacial score (nSPS) is 15.2. The lowest BCUT2D eigenvalue weighted by atomic mass is 9.80. The van der Waals surface area contributed by atoms with E-state index in [0.29, 0.717) is 0 Å². The maximum Gasteiger partial charge on any atom is 0.270 e. The van der Waals surface area contributed by atoms with Crippen LogP contribution < -0.4 is 0 Å². The molecule has 3 aromatic carbocycles. The van der Waals surface area contributed by atoms with Gasteiger partial charge in [-0.15, -0.1) is 0 Å². The van der Waals surface area contributed by atoms with Crippen molar-refractivity contribution >= 4 is 17.3 Å². The van der Waals surface area contributed by atoms with Gasteiger partial charge in [0.2, 0.25) is 0 Å². The van der Waals surface area contributed by atoms with E-state index in [1.165, 1.54) is 6.07 Å². The first-order valence-corrected chi connectivity index (χ1v) is 7.98. The molecule has 1 N–H and O–H groups in total. The third-order valence-corrected chi connectivity index (χ3v) is 4.48. The number of aliphatic hydroxyl groups excluding tert-OH is 1. The van der Waals surface area contributed by atoms with Gasteiger partial charge >= 0.3 is 0 Å². The summed E-state index contributed by atoms with van der Waals surface area (Å²) in [7, 11) is 0. The highest BCUT2D eigenvalue weighted by Crippen LogP contribution is 2.42. The van der Waals surface area contributed by atoms with Gasteiger partial charge in [0.15, 0.2) is 0 Å². The first kappa shape index (κ1) is 15.3. The van der Waals surface area contributed by atoms with Crippen LogP contribution in [0.1, 0.15) is 33.9 Å². The number of nitrogens with zero attached hydrogens (tertiary/aromatic N) is 1. The summed E-state index contributed by atoms with van der Waals surface area (Å²) in [6, 6.07) is 22.0. The van der Waals surface area contributed by atoms with E-state index in [1.54, 1.807) is 12.1 Å². The van der Waals surface area contributed by atoms with Crippen molar-refractivity contribution in [3.05, 3.63) is 111 Å². The lowest BCUT2D eigenvalue weighted by Gasteiger charge is -2.27. The number of fused-ring (bicyclic) bond motifs is 2. The molecule has 0 bridgehead atoms. The molecule has 0 atom stereocenters. The van der Waals surface area contributed by atoms with Gasteiger partial charge in [0.05, 0.1) is 4.92 Å². The van der Waals surface area contributed by atoms with E-state index >= 15 is 0 Å². The van der Waals surface area contributed by atoms with E-state index in [4.69, 9.17) is 0 Å². The molecule has 0 spiro atoms. The van der Waals surface area contributed by atoms with Crippen molar-refractivity contribution in [2.75, 3.05) is 0 Å². The summed E-state index contributed by atoms with van der Waals surface area (Å²) in [5.41, 5.74) is 5.35. The van der Waals surface area contributed by atoms with E-state index in [0.717, 1.165) is 33.4 Å². The smallest absolute Gasteiger partial charge is 0.270 e. The van der Waals surface area contributed by atoms with E-state index in [9.17, 15) is 15.2 Å². The van der Waals surface area contributed by atoms with Gasteiger partial charge in [-0.2, -0.15) is 0 Å². The molecule has 0 fully saturated rings. The SMILES string of the molecule is O=[N+]([O-])c1cccc(C=C2c3ccccc3C(O)c3ccccc32)c1. The van der Waals surface area contributed by atoms with Crippen LogP contribution in [0, 0.1) is 10.1 Å². The van der Waals surface area contributed by atoms with Crippen molar-refractivity contribution in [1.82, 2.24) is 0 Å². The minimum atomic E-state index is -0.672. The Bertz CT molecular complexity index is 958. The van der Waals surface area contributed by atoms with Gasteiger partial charge in [0.1, 0.15) is 6.10 Å². The van der Waals surface area contributed by atoms with Crippen LogP contribution in [0.15, 0.2) is 72.8 Å². The third-order valence-electron chi connectivity index (χ3n) is 4.48. The Morgan fingerprint density at radius 3 is 2.08 bits per heavy atom. The monoisotopic (exact) mass is 329 g/mol. The van der Waals surface area contributed by atoms with Crippen LogP contribution in [0.5, 0.6) is 0 Å². The van der Waals surface area contributed by atoms with Crippen molar-refractivity contribution in [2.24, 2.45) is 0 Å². The second-order valence-electron chi connectivity index (χ2n) is 5.99. The molecule has 1 aliphatic rings. The molecule has 25 heavy (non-hydrogen) atoms. The minimum Gasteiger partial charge on any atom is -0.384 e. The summed E-state index contributed by atoms with van der Waals surface area (Å²) in [5.74, 6) is 0. The summed E-state index contributed by atoms with van der Waals surface area (Å²) in [6.45, 7) is 0. The highest BCUT2D eigenvalue weighted by Gasteiger charge is 2.26. The van der Waals surface area contributed by atoms with Crippen molar-refractivity contribution < 1.29 is 10.0 Å². The Labute approximate surface area is 144 Å². The molecule has 0 heterocycles. The predicted molar refractivity (Wildman–Crippen MR) is 97.0 cm³/mol. The lowest BCUT2D eigenvalue weighted by molar-refractivity contribution is -0.384. The molecule has 0 unspecified atom stereocenters. The molecule has 3 aromatic rings. The number of aliphatic hydroxyl groups is 1. The zero-order valence-electron chi connectivity index (χ0n) is 13.3. The van der Waals surface area contributed by atoms with Gasteiger partial charge in [-0.3, -0.25) is 10.1 Å². The van der Waals surface area contributed by atoms with Crippen LogP contribution in [0.4, 0.5) is 5.69 Å². The number of rotatable bonds is 2. The Morgan fingerprint density at radius 1 is 0.880 bits per heavy atom. The molecule has 0 aliphatic heterocycles. The van der Waals surface area contributed by atoms with Crippen LogP contribution >= 0.6 is 0 Å². The van der Waals surface area contributed by atoms with Crippen molar-refractivity contribution in [3.8, 4) is 0 Å². The molecule has 4 rings (SSSR count). The maximum absolute atomic E-state index is 11.0. The Morgan fingerprint density at radius 2 is 1.48 bits per heavy atom. The highest BCUT2D eigenvalue weighted by atomic mass is 16.6. The summed E-state index contributed by atoms with van der Waals surface area (Å²) in [4.78, 5) is 10.6. The molecule has 0 saturated heterocycles. The average molecular weight is 329 g/mol. The van der Waals surface area contributed by atoms with Crippen LogP contribution in [-0.4, -0.2) is 10.0 Å². The van der Waals surface area contributed by atoms with Crippen LogP contribution in [-0.2, 0) is 0 Å². The molecular weight excluding hydrogens is 314 g/mol. The largest absolute Gasteiger partial charge is 0.384 e. The summed E-state index contributed by atoms with van der Waals surface area (Å²) in [5, 5.41) is 21.7. The lowest BCUT2D eigenvalue weighted by Crippen LogP contribution is -2.12. The first-order chi connectivity index (χ1) is 12.1. The number of hydrogen-bond donors (Lipinski definition) is 1. The summed E-state index contributed by atoms with van der Waals surface area (Å²) < 4.78 is 0. The molecule has 0 saturated carbocycles. The van der Waals surface area contributed by atoms with Gasteiger partial charge in [0, 0.05) is 12.1 Å². The quantitative estimate of drug-likeness (QED) is 0.553. The second-order valence-corrected chi connectivity index (χ2v) is 5.99. The molecule has 1 aliphatic carbocycles. The number of benzene rings is 3. The molecule has 0 radical (unpaired) electrons. The van der Waals surface area contributed by atoms with Crippen LogP contribution in [0.3, 0.4) is 0 Å². The van der Waals surface area contributed by atoms with Gasteiger partial charge in [-0.25, -0.2) is 0 Å². The average Bonchev–Trinajstić information content (AvgIpc) is 2.65. The molecule has 4 heteroatoms. The van der Waals surface area contributed by atoms with E-state index < -0.39 is 11.0 Å². The fourth-order valence-corrected chi connectivity index (χ4v) is 3.32. The number of nitro groups is 1. The standard InChI is InChI=1S/C21H15NO3/c23-21-18-10-3-1-8-16(18)20(17-9-2-4-11-19(17)21)13-14-6-5-7-15(12-14)22(24)25/h1-13,21,23H. The zero-order valence-corrected chi connectivity index (χ0v) is 13.3. The van der Waals surface area contributed by atoms with Gasteiger partial charge in [-0.05, 0) is 39.5 Å². The summed E-state index contributed by atoms with van der Waals surface area (Å²) in [6.07, 6.45) is 1.27. The van der Waals surface area contributed by atoms with Crippen molar-refractivity contribution in [2.45, 2.75) is 6.10 Å². The Kier molecular flexibility index (Phi) is 3.67. The predicted octanol–water partition coefficient (Wildman–Crippen LogP) is 4.58. The molecule has 4 nitrogen and oxygen atoms in total. The van der Waals surface area contributed by atoms with Crippen LogP contribution in [0.2, 0.25) is 0 Å². The van der Waals surface area contributed by atoms with E-state index in [-0.39, 0.29) is 5.69 Å². The number of nitro benzene ring substituents is 1. The van der Waals surface area contributed by atoms with Gasteiger partial charge in [-0.1, -0.05) is 60.7 Å². The van der Waals surface area contributed by atoms with Gasteiger partial charge in [0.25, 0.3) is 5.69 Å². The molecular formula is C21H15NO3. The highest BCUT2D eigenvalue weighted by molar-refractivity contribution is 5.95. The van der Waals surface area contributed by atoms with Crippen LogP contribution in [0.25, 0.3) is 11.6 Å². The summed E-state index contributed by atoms with van der Waals surface area (Å²) >= 11 is 0. The Balaban J connectivity index is 1.94. The van der Waals surface area contributed by atoms with Gasteiger partial charge < -0.3 is 5.11 Å². The van der Waals surface area contributed by atoms with Crippen molar-refractivity contribution in [3.63, 3.8) is 0 Å². The first-order valence-electron chi connectivity index (χ1n) is 7.98. The molecule has 122 valence electrons. The molecule has 0 aromatic heterocycles. The number of hydrogen-bond acceptors (Lipinski definition) is 3. The fourth-order valence-electron chi connectivity index (χ4n) is 3.32. The fraction of sp³-hybridized carbons (Fsp3) is 0.0476. The minimum absolute atomic E-state index is 0.0618. The second kappa shape index (κ2) is 6.00. The zero-order chi connectivity index (χ0) is 17.4. The van der Waals surface area contributed by atoms with E-state index in [1.807, 2.05) is 60.7 Å². The topological polar surface area (TPSA) is 63.4 Å². The number of non-ortho nitro benzene ring substituents is 1. The van der Waals surface area contributed by atoms with Crippen molar-refractivity contribution in [1.29, 1.82) is 0 Å². The Hall–Kier alpha value is -3.24. The molecule has 0 amide bonds. The van der Waals surface area contributed by atoms with E-state index in [2.05, 4.69) is 0 Å². The third kappa shape index (κ3) is 2.62. The maximum atomic E-state index is 11.0.